The fraction of sp³-hybridized carbons (Fsp3) is 0.211. The van der Waals surface area contributed by atoms with Crippen molar-refractivity contribution in [2.45, 2.75) is 29.7 Å². The predicted octanol–water partition coefficient (Wildman–Crippen LogP) is 0.141. The Bertz CT molecular complexity index is 1240. The highest BCUT2D eigenvalue weighted by Crippen LogP contribution is 2.15. The third-order valence-electron chi connectivity index (χ3n) is 4.02. The molecule has 0 saturated heterocycles. The number of carbonyl (C=O) groups excluding carboxylic acids is 3. The Morgan fingerprint density at radius 3 is 1.85 bits per heavy atom. The summed E-state index contributed by atoms with van der Waals surface area (Å²) in [5.74, 6) is -2.03. The van der Waals surface area contributed by atoms with Crippen molar-refractivity contribution >= 4 is 49.2 Å². The van der Waals surface area contributed by atoms with Gasteiger partial charge in [-0.25, -0.2) is 22.0 Å². The van der Waals surface area contributed by atoms with E-state index in [-0.39, 0.29) is 21.4 Å². The molecule has 2 rings (SSSR count). The summed E-state index contributed by atoms with van der Waals surface area (Å²) in [5, 5.41) is 9.91. The van der Waals surface area contributed by atoms with Crippen molar-refractivity contribution in [2.75, 3.05) is 17.2 Å². The molecule has 0 aromatic heterocycles. The maximum absolute atomic E-state index is 12.3. The molecule has 0 fully saturated rings. The van der Waals surface area contributed by atoms with Crippen LogP contribution in [0.3, 0.4) is 0 Å². The molecule has 12 nitrogen and oxygen atoms in total. The smallest absolute Gasteiger partial charge is 0.321 e. The maximum Gasteiger partial charge on any atom is 0.321 e. The number of ether oxygens (including phenoxy) is 1. The van der Waals surface area contributed by atoms with Crippen molar-refractivity contribution < 1.29 is 36.0 Å². The van der Waals surface area contributed by atoms with Crippen LogP contribution in [0.5, 0.6) is 0 Å². The van der Waals surface area contributed by atoms with Gasteiger partial charge in [-0.2, -0.15) is 4.72 Å². The summed E-state index contributed by atoms with van der Waals surface area (Å²) < 4.78 is 54.0. The number of esters is 1. The minimum atomic E-state index is -4.04. The predicted molar refractivity (Wildman–Crippen MR) is 118 cm³/mol. The van der Waals surface area contributed by atoms with E-state index in [9.17, 15) is 31.2 Å². The van der Waals surface area contributed by atoms with E-state index in [1.165, 1.54) is 62.4 Å². The lowest BCUT2D eigenvalue weighted by Gasteiger charge is -2.14. The van der Waals surface area contributed by atoms with E-state index in [1.807, 2.05) is 0 Å². The second kappa shape index (κ2) is 10.5. The van der Waals surface area contributed by atoms with Crippen LogP contribution < -0.4 is 20.5 Å². The lowest BCUT2D eigenvalue weighted by Crippen LogP contribution is -2.35. The van der Waals surface area contributed by atoms with Crippen molar-refractivity contribution in [1.29, 1.82) is 0 Å². The number of rotatable bonds is 9. The van der Waals surface area contributed by atoms with Crippen LogP contribution in [0.2, 0.25) is 0 Å². The number of nitrogens with two attached hydrogens (primary N) is 1. The summed E-state index contributed by atoms with van der Waals surface area (Å²) >= 11 is 0. The largest absolute Gasteiger partial charge is 0.452 e. The Hall–Kier alpha value is -3.33. The van der Waals surface area contributed by atoms with E-state index >= 15 is 0 Å². The Kier molecular flexibility index (Phi) is 8.27. The Morgan fingerprint density at radius 2 is 1.36 bits per heavy atom. The SMILES string of the molecule is CC(=O)Nc1ccc(S(=O)(=O)NCC(=O)OC(C)C(=O)Nc2ccc(S(N)(=O)=O)cc2)cc1. The van der Waals surface area contributed by atoms with Crippen LogP contribution in [0.25, 0.3) is 0 Å². The van der Waals surface area contributed by atoms with Gasteiger partial charge in [0.25, 0.3) is 5.91 Å². The second-order valence-electron chi connectivity index (χ2n) is 6.72. The molecule has 0 saturated carbocycles. The van der Waals surface area contributed by atoms with Crippen LogP contribution >= 0.6 is 0 Å². The van der Waals surface area contributed by atoms with Crippen LogP contribution in [0.4, 0.5) is 11.4 Å². The van der Waals surface area contributed by atoms with Gasteiger partial charge in [0.05, 0.1) is 9.79 Å². The van der Waals surface area contributed by atoms with Crippen LogP contribution in [0.1, 0.15) is 13.8 Å². The number of carbonyl (C=O) groups is 3. The molecule has 178 valence electrons. The topological polar surface area (TPSA) is 191 Å². The van der Waals surface area contributed by atoms with E-state index in [0.717, 1.165) is 0 Å². The quantitative estimate of drug-likeness (QED) is 0.351. The fourth-order valence-electron chi connectivity index (χ4n) is 2.42. The van der Waals surface area contributed by atoms with Gasteiger partial charge in [-0.1, -0.05) is 0 Å². The van der Waals surface area contributed by atoms with Crippen LogP contribution in [-0.2, 0) is 39.2 Å². The molecule has 33 heavy (non-hydrogen) atoms. The molecule has 14 heteroatoms. The normalized spacial score (nSPS) is 12.5. The number of amides is 2. The summed E-state index contributed by atoms with van der Waals surface area (Å²) in [6.07, 6.45) is -1.27. The summed E-state index contributed by atoms with van der Waals surface area (Å²) in [6.45, 7) is 1.86. The third kappa shape index (κ3) is 7.94. The lowest BCUT2D eigenvalue weighted by atomic mass is 10.3. The van der Waals surface area contributed by atoms with Gasteiger partial charge in [0.15, 0.2) is 6.10 Å². The number of nitrogens with one attached hydrogen (secondary N) is 3. The number of anilines is 2. The zero-order valence-electron chi connectivity index (χ0n) is 17.6. The summed E-state index contributed by atoms with van der Waals surface area (Å²) in [7, 11) is -7.93. The van der Waals surface area contributed by atoms with Gasteiger partial charge in [-0.3, -0.25) is 14.4 Å². The molecule has 0 aliphatic carbocycles. The van der Waals surface area contributed by atoms with Crippen LogP contribution in [0.15, 0.2) is 58.3 Å². The number of primary sulfonamides is 1. The average molecular weight is 499 g/mol. The first-order valence-electron chi connectivity index (χ1n) is 9.28. The first-order valence-corrected chi connectivity index (χ1v) is 12.3. The maximum atomic E-state index is 12.3. The summed E-state index contributed by atoms with van der Waals surface area (Å²) in [6, 6.07) is 10.3. The van der Waals surface area contributed by atoms with Crippen LogP contribution in [-0.4, -0.2) is 47.3 Å². The van der Waals surface area contributed by atoms with Gasteiger partial charge in [-0.15, -0.1) is 0 Å². The summed E-state index contributed by atoms with van der Waals surface area (Å²) in [5.41, 5.74) is 0.638. The molecular weight excluding hydrogens is 476 g/mol. The molecule has 1 atom stereocenters. The molecule has 5 N–H and O–H groups in total. The molecular formula is C19H22N4O8S2. The van der Waals surface area contributed by atoms with Crippen LogP contribution in [0, 0.1) is 0 Å². The number of hydrogen-bond donors (Lipinski definition) is 4. The molecule has 1 unspecified atom stereocenters. The second-order valence-corrected chi connectivity index (χ2v) is 10.0. The molecule has 2 aromatic rings. The number of sulfonamides is 2. The zero-order valence-corrected chi connectivity index (χ0v) is 19.2. The van der Waals surface area contributed by atoms with Crippen molar-refractivity contribution in [2.24, 2.45) is 5.14 Å². The highest BCUT2D eigenvalue weighted by atomic mass is 32.2. The van der Waals surface area contributed by atoms with Gasteiger partial charge in [0.1, 0.15) is 6.54 Å². The average Bonchev–Trinajstić information content (AvgIpc) is 2.72. The first kappa shape index (κ1) is 25.9. The van der Waals surface area contributed by atoms with Gasteiger partial charge < -0.3 is 15.4 Å². The molecule has 2 aromatic carbocycles. The first-order chi connectivity index (χ1) is 15.3. The monoisotopic (exact) mass is 498 g/mol. The van der Waals surface area contributed by atoms with Gasteiger partial charge in [0.2, 0.25) is 26.0 Å². The minimum Gasteiger partial charge on any atom is -0.452 e. The molecule has 0 bridgehead atoms. The Labute approximate surface area is 190 Å². The minimum absolute atomic E-state index is 0.141. The highest BCUT2D eigenvalue weighted by molar-refractivity contribution is 7.89. The van der Waals surface area contributed by atoms with Gasteiger partial charge in [-0.05, 0) is 55.5 Å². The Balaban J connectivity index is 1.88. The van der Waals surface area contributed by atoms with Crippen molar-refractivity contribution in [3.05, 3.63) is 48.5 Å². The van der Waals surface area contributed by atoms with E-state index < -0.39 is 44.6 Å². The molecule has 2 amide bonds. The molecule has 0 radical (unpaired) electrons. The zero-order chi connectivity index (χ0) is 24.8. The summed E-state index contributed by atoms with van der Waals surface area (Å²) in [4.78, 5) is 34.9. The van der Waals surface area contributed by atoms with Crippen molar-refractivity contribution in [1.82, 2.24) is 4.72 Å². The Morgan fingerprint density at radius 1 is 0.879 bits per heavy atom. The molecule has 0 aliphatic rings. The van der Waals surface area contributed by atoms with Crippen molar-refractivity contribution in [3.8, 4) is 0 Å². The number of benzene rings is 2. The highest BCUT2D eigenvalue weighted by Gasteiger charge is 2.21. The van der Waals surface area contributed by atoms with E-state index in [2.05, 4.69) is 15.4 Å². The van der Waals surface area contributed by atoms with Gasteiger partial charge in [0, 0.05) is 18.3 Å². The van der Waals surface area contributed by atoms with Gasteiger partial charge >= 0.3 is 5.97 Å². The lowest BCUT2D eigenvalue weighted by molar-refractivity contribution is -0.151. The van der Waals surface area contributed by atoms with E-state index in [0.29, 0.717) is 5.69 Å². The molecule has 0 heterocycles. The van der Waals surface area contributed by atoms with Crippen molar-refractivity contribution in [3.63, 3.8) is 0 Å². The third-order valence-corrected chi connectivity index (χ3v) is 6.37. The molecule has 0 spiro atoms. The van der Waals surface area contributed by atoms with E-state index in [4.69, 9.17) is 9.88 Å². The fourth-order valence-corrected chi connectivity index (χ4v) is 3.91. The van der Waals surface area contributed by atoms with E-state index in [1.54, 1.807) is 0 Å². The molecule has 0 aliphatic heterocycles. The number of hydrogen-bond acceptors (Lipinski definition) is 8. The standard InChI is InChI=1S/C19H22N4O8S2/c1-12(19(26)23-15-3-7-16(8-4-15)32(20,27)28)31-18(25)11-21-33(29,30)17-9-5-14(6-10-17)22-13(2)24/h3-10,12,21H,11H2,1-2H3,(H,22,24)(H,23,26)(H2,20,27,28).